The van der Waals surface area contributed by atoms with E-state index < -0.39 is 35.8 Å². The predicted molar refractivity (Wildman–Crippen MR) is 90.5 cm³/mol. The minimum absolute atomic E-state index is 0.395. The summed E-state index contributed by atoms with van der Waals surface area (Å²) in [5.74, 6) is -0.538. The number of hydrogen-bond acceptors (Lipinski definition) is 5. The fourth-order valence-electron chi connectivity index (χ4n) is 2.67. The fraction of sp³-hybridized carbons (Fsp3) is 0.500. The second-order valence-corrected chi connectivity index (χ2v) is 6.74. The number of imide groups is 1. The molecular formula is C18H24N2O5. The van der Waals surface area contributed by atoms with Crippen molar-refractivity contribution in [2.24, 2.45) is 0 Å². The van der Waals surface area contributed by atoms with E-state index in [1.807, 2.05) is 13.0 Å². The van der Waals surface area contributed by atoms with Crippen molar-refractivity contribution in [1.82, 2.24) is 10.0 Å². The molecule has 0 bridgehead atoms. The van der Waals surface area contributed by atoms with Crippen LogP contribution in [0.15, 0.2) is 24.3 Å². The van der Waals surface area contributed by atoms with E-state index in [0.29, 0.717) is 10.6 Å². The van der Waals surface area contributed by atoms with Gasteiger partial charge in [0.15, 0.2) is 5.54 Å². The van der Waals surface area contributed by atoms with Crippen molar-refractivity contribution in [1.29, 1.82) is 0 Å². The molecule has 1 atom stereocenters. The molecule has 25 heavy (non-hydrogen) atoms. The minimum Gasteiger partial charge on any atom is -0.445 e. The van der Waals surface area contributed by atoms with E-state index in [0.717, 1.165) is 10.6 Å². The van der Waals surface area contributed by atoms with Crippen molar-refractivity contribution in [2.45, 2.75) is 59.3 Å². The van der Waals surface area contributed by atoms with E-state index in [4.69, 9.17) is 9.47 Å². The maximum absolute atomic E-state index is 12.8. The molecule has 1 aromatic carbocycles. The van der Waals surface area contributed by atoms with Crippen molar-refractivity contribution in [3.05, 3.63) is 35.4 Å². The number of hydrazine groups is 1. The number of amides is 3. The molecule has 136 valence electrons. The number of hydrogen-bond donors (Lipinski definition) is 0. The number of nitrogens with zero attached hydrogens (tertiary/aromatic N) is 2. The Morgan fingerprint density at radius 1 is 1.04 bits per heavy atom. The topological polar surface area (TPSA) is 76.2 Å². The molecular weight excluding hydrogens is 324 g/mol. The third kappa shape index (κ3) is 3.31. The van der Waals surface area contributed by atoms with Gasteiger partial charge in [-0.15, -0.1) is 5.01 Å². The van der Waals surface area contributed by atoms with Gasteiger partial charge in [-0.25, -0.2) is 9.59 Å². The van der Waals surface area contributed by atoms with Crippen LogP contribution in [-0.2, 0) is 19.8 Å². The molecule has 0 N–H and O–H groups in total. The van der Waals surface area contributed by atoms with Crippen LogP contribution in [0.4, 0.5) is 9.59 Å². The highest BCUT2D eigenvalue weighted by Gasteiger charge is 2.64. The molecule has 0 aromatic heterocycles. The lowest BCUT2D eigenvalue weighted by atomic mass is 9.85. The van der Waals surface area contributed by atoms with Crippen LogP contribution in [0.2, 0.25) is 0 Å². The summed E-state index contributed by atoms with van der Waals surface area (Å²) >= 11 is 0. The highest BCUT2D eigenvalue weighted by Crippen LogP contribution is 2.42. The Labute approximate surface area is 147 Å². The molecule has 1 saturated heterocycles. The van der Waals surface area contributed by atoms with Gasteiger partial charge in [-0.1, -0.05) is 29.8 Å². The first-order chi connectivity index (χ1) is 11.6. The molecule has 1 heterocycles. The van der Waals surface area contributed by atoms with Gasteiger partial charge in [0, 0.05) is 0 Å². The van der Waals surface area contributed by atoms with Crippen LogP contribution >= 0.6 is 0 Å². The number of benzene rings is 1. The molecule has 2 rings (SSSR count). The van der Waals surface area contributed by atoms with E-state index in [1.54, 1.807) is 52.8 Å². The number of rotatable bonds is 3. The molecule has 0 spiro atoms. The van der Waals surface area contributed by atoms with Crippen LogP contribution < -0.4 is 0 Å². The lowest BCUT2D eigenvalue weighted by molar-refractivity contribution is -0.200. The monoisotopic (exact) mass is 348 g/mol. The Morgan fingerprint density at radius 3 is 2.12 bits per heavy atom. The molecule has 1 aliphatic rings. The van der Waals surface area contributed by atoms with Crippen molar-refractivity contribution < 1.29 is 23.9 Å². The van der Waals surface area contributed by atoms with E-state index in [-0.39, 0.29) is 0 Å². The molecule has 0 aliphatic carbocycles. The summed E-state index contributed by atoms with van der Waals surface area (Å²) < 4.78 is 10.3. The van der Waals surface area contributed by atoms with Gasteiger partial charge in [0.25, 0.3) is 5.91 Å². The zero-order valence-electron chi connectivity index (χ0n) is 15.4. The molecule has 1 fully saturated rings. The number of carbonyl (C=O) groups excluding carboxylic acids is 3. The van der Waals surface area contributed by atoms with Crippen LogP contribution in [-0.4, -0.2) is 40.3 Å². The highest BCUT2D eigenvalue weighted by molar-refractivity contribution is 6.06. The van der Waals surface area contributed by atoms with Gasteiger partial charge < -0.3 is 9.47 Å². The summed E-state index contributed by atoms with van der Waals surface area (Å²) in [6, 6.07) is 7.23. The maximum atomic E-state index is 12.8. The molecule has 0 saturated carbocycles. The third-order valence-corrected chi connectivity index (χ3v) is 3.83. The lowest BCUT2D eigenvalue weighted by Gasteiger charge is -2.53. The lowest BCUT2D eigenvalue weighted by Crippen LogP contribution is -2.77. The Balaban J connectivity index is 2.43. The van der Waals surface area contributed by atoms with Crippen molar-refractivity contribution >= 4 is 18.1 Å². The molecule has 1 aliphatic heterocycles. The van der Waals surface area contributed by atoms with E-state index in [9.17, 15) is 14.4 Å². The van der Waals surface area contributed by atoms with Crippen molar-refractivity contribution in [3.8, 4) is 0 Å². The van der Waals surface area contributed by atoms with Gasteiger partial charge >= 0.3 is 12.2 Å². The highest BCUT2D eigenvalue weighted by atomic mass is 16.6. The summed E-state index contributed by atoms with van der Waals surface area (Å²) in [5, 5.41) is 1.72. The second-order valence-electron chi connectivity index (χ2n) is 6.74. The smallest absolute Gasteiger partial charge is 0.436 e. The first-order valence-corrected chi connectivity index (χ1v) is 8.22. The fourth-order valence-corrected chi connectivity index (χ4v) is 2.67. The molecule has 7 nitrogen and oxygen atoms in total. The summed E-state index contributed by atoms with van der Waals surface area (Å²) in [5.41, 5.74) is 0.215. The predicted octanol–water partition coefficient (Wildman–Crippen LogP) is 3.36. The zero-order chi connectivity index (χ0) is 18.9. The number of aryl methyl sites for hydroxylation is 1. The van der Waals surface area contributed by atoms with Gasteiger partial charge in [-0.05, 0) is 47.1 Å². The standard InChI is InChI=1S/C18H24N2O5/c1-11(2)24-16(22)19-15(21)18(6,14-9-7-8-13(5)10-14)20(19)17(23)25-12(3)4/h7-12H,1-6H3/t18-/m1/s1. The van der Waals surface area contributed by atoms with Crippen LogP contribution in [0.5, 0.6) is 0 Å². The van der Waals surface area contributed by atoms with Gasteiger partial charge in [0.1, 0.15) is 0 Å². The first-order valence-electron chi connectivity index (χ1n) is 8.22. The SMILES string of the molecule is Cc1cccc([C@]2(C)C(=O)N(C(=O)OC(C)C)N2C(=O)OC(C)C)c1. The van der Waals surface area contributed by atoms with Gasteiger partial charge in [-0.3, -0.25) is 4.79 Å². The summed E-state index contributed by atoms with van der Waals surface area (Å²) in [7, 11) is 0. The van der Waals surface area contributed by atoms with Crippen LogP contribution in [0, 0.1) is 6.92 Å². The van der Waals surface area contributed by atoms with Crippen LogP contribution in [0.25, 0.3) is 0 Å². The quantitative estimate of drug-likeness (QED) is 0.837. The largest absolute Gasteiger partial charge is 0.445 e. The molecule has 0 radical (unpaired) electrons. The first kappa shape index (κ1) is 18.8. The van der Waals surface area contributed by atoms with Crippen molar-refractivity contribution in [3.63, 3.8) is 0 Å². The van der Waals surface area contributed by atoms with Gasteiger partial charge in [-0.2, -0.15) is 5.01 Å². The Bertz CT molecular complexity index is 700. The molecule has 0 unspecified atom stereocenters. The zero-order valence-corrected chi connectivity index (χ0v) is 15.4. The average molecular weight is 348 g/mol. The van der Waals surface area contributed by atoms with Gasteiger partial charge in [0.05, 0.1) is 12.2 Å². The normalized spacial score (nSPS) is 19.9. The summed E-state index contributed by atoms with van der Waals surface area (Å²) in [6.07, 6.45) is -2.49. The third-order valence-electron chi connectivity index (χ3n) is 3.83. The molecule has 1 aromatic rings. The van der Waals surface area contributed by atoms with E-state index in [1.165, 1.54) is 0 Å². The minimum atomic E-state index is -1.33. The average Bonchev–Trinajstić information content (AvgIpc) is 2.49. The maximum Gasteiger partial charge on any atom is 0.436 e. The second kappa shape index (κ2) is 6.74. The molecule has 7 heteroatoms. The summed E-state index contributed by atoms with van der Waals surface area (Å²) in [6.45, 7) is 10.2. The summed E-state index contributed by atoms with van der Waals surface area (Å²) in [4.78, 5) is 37.6. The Morgan fingerprint density at radius 2 is 1.60 bits per heavy atom. The van der Waals surface area contributed by atoms with Gasteiger partial charge in [0.2, 0.25) is 0 Å². The van der Waals surface area contributed by atoms with Crippen LogP contribution in [0.1, 0.15) is 45.7 Å². The number of carbonyl (C=O) groups is 3. The van der Waals surface area contributed by atoms with E-state index >= 15 is 0 Å². The van der Waals surface area contributed by atoms with E-state index in [2.05, 4.69) is 0 Å². The molecule has 3 amide bonds. The Hall–Kier alpha value is -2.57. The van der Waals surface area contributed by atoms with Crippen LogP contribution in [0.3, 0.4) is 0 Å². The Kier molecular flexibility index (Phi) is 5.06. The number of ether oxygens (including phenoxy) is 2. The van der Waals surface area contributed by atoms with Crippen molar-refractivity contribution in [2.75, 3.05) is 0 Å².